The van der Waals surface area contributed by atoms with E-state index in [0.29, 0.717) is 37.2 Å². The van der Waals surface area contributed by atoms with E-state index in [1.807, 2.05) is 37.3 Å². The number of aryl methyl sites for hydroxylation is 1. The van der Waals surface area contributed by atoms with Gasteiger partial charge in [-0.2, -0.15) is 0 Å². The fraction of sp³-hybridized carbons (Fsp3) is 0.389. The molecule has 6 nitrogen and oxygen atoms in total. The third-order valence-corrected chi connectivity index (χ3v) is 5.44. The Morgan fingerprint density at radius 2 is 2.04 bits per heavy atom. The molecule has 25 heavy (non-hydrogen) atoms. The first-order chi connectivity index (χ1) is 12.0. The van der Waals surface area contributed by atoms with Crippen LogP contribution in [0, 0.1) is 12.8 Å². The van der Waals surface area contributed by atoms with Crippen LogP contribution in [0.2, 0.25) is 0 Å². The highest BCUT2D eigenvalue weighted by Gasteiger charge is 2.27. The molecule has 1 aliphatic heterocycles. The summed E-state index contributed by atoms with van der Waals surface area (Å²) in [6.45, 7) is 3.00. The second-order valence-electron chi connectivity index (χ2n) is 6.19. The van der Waals surface area contributed by atoms with Gasteiger partial charge in [0.25, 0.3) is 5.91 Å². The van der Waals surface area contributed by atoms with Crippen molar-refractivity contribution in [3.05, 3.63) is 47.3 Å². The van der Waals surface area contributed by atoms with Gasteiger partial charge in [0.1, 0.15) is 5.76 Å². The Hall–Kier alpha value is -2.28. The standard InChI is InChI=1S/C18H21N3O3S/c1-12-10-14(24-20-12)11-25-16-5-3-2-4-15(16)18(23)21-8-6-13(7-9-21)17(19)22/h2-5,10,13H,6-9,11H2,1H3,(H2,19,22). The molecule has 0 bridgehead atoms. The molecule has 1 saturated heterocycles. The molecule has 132 valence electrons. The highest BCUT2D eigenvalue weighted by molar-refractivity contribution is 7.98. The Morgan fingerprint density at radius 3 is 2.68 bits per heavy atom. The second kappa shape index (κ2) is 7.74. The van der Waals surface area contributed by atoms with E-state index in [1.54, 1.807) is 16.7 Å². The summed E-state index contributed by atoms with van der Waals surface area (Å²) in [5.74, 6) is 1.01. The molecule has 0 atom stereocenters. The van der Waals surface area contributed by atoms with E-state index in [-0.39, 0.29) is 17.7 Å². The number of benzene rings is 1. The molecule has 3 rings (SSSR count). The highest BCUT2D eigenvalue weighted by Crippen LogP contribution is 2.28. The molecular weight excluding hydrogens is 338 g/mol. The lowest BCUT2D eigenvalue weighted by Crippen LogP contribution is -2.41. The normalized spacial score (nSPS) is 15.3. The first-order valence-corrected chi connectivity index (χ1v) is 9.26. The molecule has 1 aromatic heterocycles. The molecule has 1 aromatic carbocycles. The minimum atomic E-state index is -0.273. The first kappa shape index (κ1) is 17.5. The van der Waals surface area contributed by atoms with Crippen LogP contribution in [0.3, 0.4) is 0 Å². The molecule has 2 aromatic rings. The van der Waals surface area contributed by atoms with Crippen molar-refractivity contribution >= 4 is 23.6 Å². The van der Waals surface area contributed by atoms with Crippen molar-refractivity contribution in [1.29, 1.82) is 0 Å². The fourth-order valence-corrected chi connectivity index (χ4v) is 3.86. The molecule has 1 aliphatic rings. The lowest BCUT2D eigenvalue weighted by molar-refractivity contribution is -0.123. The third kappa shape index (κ3) is 4.22. The second-order valence-corrected chi connectivity index (χ2v) is 7.21. The monoisotopic (exact) mass is 359 g/mol. The average Bonchev–Trinajstić information content (AvgIpc) is 3.05. The van der Waals surface area contributed by atoms with Crippen LogP contribution in [0.4, 0.5) is 0 Å². The van der Waals surface area contributed by atoms with Crippen molar-refractivity contribution in [3.8, 4) is 0 Å². The molecule has 0 aliphatic carbocycles. The van der Waals surface area contributed by atoms with E-state index in [2.05, 4.69) is 5.16 Å². The number of thioether (sulfide) groups is 1. The average molecular weight is 359 g/mol. The zero-order valence-corrected chi connectivity index (χ0v) is 14.9. The Labute approximate surface area is 150 Å². The van der Waals surface area contributed by atoms with Crippen LogP contribution in [-0.2, 0) is 10.5 Å². The summed E-state index contributed by atoms with van der Waals surface area (Å²) in [5.41, 5.74) is 6.89. The maximum atomic E-state index is 12.9. The van der Waals surface area contributed by atoms with Crippen molar-refractivity contribution in [2.45, 2.75) is 30.4 Å². The Balaban J connectivity index is 1.67. The number of amides is 2. The summed E-state index contributed by atoms with van der Waals surface area (Å²) in [7, 11) is 0. The first-order valence-electron chi connectivity index (χ1n) is 8.27. The maximum Gasteiger partial charge on any atom is 0.254 e. The molecule has 0 radical (unpaired) electrons. The highest BCUT2D eigenvalue weighted by atomic mass is 32.2. The summed E-state index contributed by atoms with van der Waals surface area (Å²) in [5, 5.41) is 3.88. The number of primary amides is 1. The zero-order chi connectivity index (χ0) is 17.8. The Kier molecular flexibility index (Phi) is 5.43. The molecule has 0 unspecified atom stereocenters. The summed E-state index contributed by atoms with van der Waals surface area (Å²) < 4.78 is 5.23. The van der Waals surface area contributed by atoms with Crippen LogP contribution in [0.15, 0.2) is 39.8 Å². The number of aromatic nitrogens is 1. The van der Waals surface area contributed by atoms with Crippen LogP contribution in [-0.4, -0.2) is 35.0 Å². The van der Waals surface area contributed by atoms with Gasteiger partial charge < -0.3 is 15.2 Å². The number of nitrogens with two attached hydrogens (primary N) is 1. The van der Waals surface area contributed by atoms with Gasteiger partial charge in [0.2, 0.25) is 5.91 Å². The number of likely N-dealkylation sites (tertiary alicyclic amines) is 1. The van der Waals surface area contributed by atoms with Gasteiger partial charge >= 0.3 is 0 Å². The molecular formula is C18H21N3O3S. The van der Waals surface area contributed by atoms with Gasteiger partial charge in [0.15, 0.2) is 0 Å². The number of piperidine rings is 1. The summed E-state index contributed by atoms with van der Waals surface area (Å²) in [4.78, 5) is 26.9. The minimum Gasteiger partial charge on any atom is -0.369 e. The van der Waals surface area contributed by atoms with E-state index < -0.39 is 0 Å². The number of carbonyl (C=O) groups is 2. The van der Waals surface area contributed by atoms with Crippen LogP contribution in [0.5, 0.6) is 0 Å². The smallest absolute Gasteiger partial charge is 0.254 e. The quantitative estimate of drug-likeness (QED) is 0.829. The van der Waals surface area contributed by atoms with Crippen molar-refractivity contribution in [2.75, 3.05) is 13.1 Å². The fourth-order valence-electron chi connectivity index (χ4n) is 2.94. The van der Waals surface area contributed by atoms with Crippen LogP contribution < -0.4 is 5.73 Å². The SMILES string of the molecule is Cc1cc(CSc2ccccc2C(=O)N2CCC(C(N)=O)CC2)on1. The molecule has 0 saturated carbocycles. The summed E-state index contributed by atoms with van der Waals surface area (Å²) in [6, 6.07) is 9.47. The predicted octanol–water partition coefficient (Wildman–Crippen LogP) is 2.61. The number of nitrogens with zero attached hydrogens (tertiary/aromatic N) is 2. The van der Waals surface area contributed by atoms with E-state index in [1.165, 1.54) is 0 Å². The molecule has 7 heteroatoms. The van der Waals surface area contributed by atoms with Crippen LogP contribution in [0.25, 0.3) is 0 Å². The van der Waals surface area contributed by atoms with E-state index >= 15 is 0 Å². The summed E-state index contributed by atoms with van der Waals surface area (Å²) >= 11 is 1.56. The van der Waals surface area contributed by atoms with Crippen molar-refractivity contribution in [3.63, 3.8) is 0 Å². The van der Waals surface area contributed by atoms with E-state index in [9.17, 15) is 9.59 Å². The lowest BCUT2D eigenvalue weighted by atomic mass is 9.96. The molecule has 2 N–H and O–H groups in total. The molecule has 2 amide bonds. The Morgan fingerprint density at radius 1 is 1.32 bits per heavy atom. The summed E-state index contributed by atoms with van der Waals surface area (Å²) in [6.07, 6.45) is 1.27. The van der Waals surface area contributed by atoms with Crippen molar-refractivity contribution in [1.82, 2.24) is 10.1 Å². The third-order valence-electron chi connectivity index (χ3n) is 4.35. The topological polar surface area (TPSA) is 89.4 Å². The Bertz CT molecular complexity index is 766. The van der Waals surface area contributed by atoms with Gasteiger partial charge in [0, 0.05) is 30.0 Å². The van der Waals surface area contributed by atoms with Gasteiger partial charge in [0.05, 0.1) is 17.0 Å². The van der Waals surface area contributed by atoms with Gasteiger partial charge in [-0.15, -0.1) is 11.8 Å². The van der Waals surface area contributed by atoms with E-state index in [4.69, 9.17) is 10.3 Å². The number of carbonyl (C=O) groups excluding carboxylic acids is 2. The minimum absolute atomic E-state index is 0.000212. The van der Waals surface area contributed by atoms with Crippen molar-refractivity contribution in [2.24, 2.45) is 11.7 Å². The number of hydrogen-bond acceptors (Lipinski definition) is 5. The zero-order valence-electron chi connectivity index (χ0n) is 14.1. The lowest BCUT2D eigenvalue weighted by Gasteiger charge is -2.31. The predicted molar refractivity (Wildman–Crippen MR) is 95.1 cm³/mol. The largest absolute Gasteiger partial charge is 0.369 e. The maximum absolute atomic E-state index is 12.9. The number of hydrogen-bond donors (Lipinski definition) is 1. The van der Waals surface area contributed by atoms with Gasteiger partial charge in [-0.25, -0.2) is 0 Å². The molecule has 0 spiro atoms. The molecule has 1 fully saturated rings. The number of rotatable bonds is 5. The van der Waals surface area contributed by atoms with Gasteiger partial charge in [-0.05, 0) is 31.9 Å². The van der Waals surface area contributed by atoms with Crippen LogP contribution in [0.1, 0.15) is 34.7 Å². The van der Waals surface area contributed by atoms with Gasteiger partial charge in [-0.1, -0.05) is 17.3 Å². The van der Waals surface area contributed by atoms with E-state index in [0.717, 1.165) is 16.3 Å². The molecule has 2 heterocycles. The van der Waals surface area contributed by atoms with Crippen molar-refractivity contribution < 1.29 is 14.1 Å². The van der Waals surface area contributed by atoms with Gasteiger partial charge in [-0.3, -0.25) is 9.59 Å². The van der Waals surface area contributed by atoms with Crippen LogP contribution >= 0.6 is 11.8 Å².